The molecule has 9 heteroatoms. The average molecular weight is 607 g/mol. The smallest absolute Gasteiger partial charge is 0.340 e. The van der Waals surface area contributed by atoms with Gasteiger partial charge in [-0.15, -0.1) is 0 Å². The highest BCUT2D eigenvalue weighted by molar-refractivity contribution is 5.87. The van der Waals surface area contributed by atoms with E-state index in [1.165, 1.54) is 12.1 Å². The lowest BCUT2D eigenvalue weighted by molar-refractivity contribution is -0.171. The molecule has 1 atom stereocenters. The number of halogens is 1. The first-order valence-corrected chi connectivity index (χ1v) is 15.4. The van der Waals surface area contributed by atoms with Gasteiger partial charge in [-0.2, -0.15) is 0 Å². The number of hydrogen-bond acceptors (Lipinski definition) is 8. The zero-order valence-corrected chi connectivity index (χ0v) is 27.4. The van der Waals surface area contributed by atoms with Crippen LogP contribution in [0.4, 0.5) is 15.9 Å². The Labute approximate surface area is 261 Å². The number of carbonyl (C=O) groups is 1. The fourth-order valence-electron chi connectivity index (χ4n) is 5.22. The van der Waals surface area contributed by atoms with E-state index in [0.29, 0.717) is 24.7 Å². The second kappa shape index (κ2) is 13.9. The summed E-state index contributed by atoms with van der Waals surface area (Å²) < 4.78 is 31.0. The SMILES string of the molecule is Cc1ncc(-c2ccc(NCCOc3ccc(F)cc3)nc2)c(N2CCC(C)(C)CC2)c1[C@H](OC(C)(C)C)C(=O)OC(C)C. The number of aromatic nitrogens is 2. The summed E-state index contributed by atoms with van der Waals surface area (Å²) in [5.74, 6) is 0.595. The molecule has 0 aliphatic carbocycles. The first kappa shape index (κ1) is 33.2. The van der Waals surface area contributed by atoms with Crippen LogP contribution in [0, 0.1) is 18.2 Å². The van der Waals surface area contributed by atoms with E-state index in [9.17, 15) is 9.18 Å². The van der Waals surface area contributed by atoms with Crippen LogP contribution in [-0.4, -0.2) is 53.9 Å². The van der Waals surface area contributed by atoms with E-state index >= 15 is 0 Å². The molecule has 0 unspecified atom stereocenters. The van der Waals surface area contributed by atoms with Gasteiger partial charge in [0, 0.05) is 47.9 Å². The topological polar surface area (TPSA) is 85.8 Å². The lowest BCUT2D eigenvalue weighted by atomic mass is 9.82. The molecule has 0 saturated carbocycles. The maximum Gasteiger partial charge on any atom is 0.340 e. The van der Waals surface area contributed by atoms with Gasteiger partial charge in [0.25, 0.3) is 0 Å². The molecular weight excluding hydrogens is 559 g/mol. The van der Waals surface area contributed by atoms with Gasteiger partial charge in [-0.25, -0.2) is 14.2 Å². The molecule has 238 valence electrons. The normalized spacial score (nSPS) is 15.6. The van der Waals surface area contributed by atoms with Crippen LogP contribution in [0.3, 0.4) is 0 Å². The molecule has 3 heterocycles. The minimum Gasteiger partial charge on any atom is -0.492 e. The minimum atomic E-state index is -0.940. The fourth-order valence-corrected chi connectivity index (χ4v) is 5.22. The van der Waals surface area contributed by atoms with E-state index < -0.39 is 17.7 Å². The maximum atomic E-state index is 13.6. The summed E-state index contributed by atoms with van der Waals surface area (Å²) in [6, 6.07) is 9.89. The molecule has 0 amide bonds. The number of aryl methyl sites for hydroxylation is 1. The van der Waals surface area contributed by atoms with Crippen LogP contribution in [0.15, 0.2) is 48.8 Å². The van der Waals surface area contributed by atoms with Gasteiger partial charge in [-0.05, 0) is 96.2 Å². The Morgan fingerprint density at radius 3 is 2.32 bits per heavy atom. The van der Waals surface area contributed by atoms with Crippen molar-refractivity contribution in [2.45, 2.75) is 86.0 Å². The van der Waals surface area contributed by atoms with Crippen LogP contribution in [0.2, 0.25) is 0 Å². The predicted octanol–water partition coefficient (Wildman–Crippen LogP) is 7.52. The van der Waals surface area contributed by atoms with E-state index in [4.69, 9.17) is 19.2 Å². The van der Waals surface area contributed by atoms with Crippen LogP contribution in [0.25, 0.3) is 11.1 Å². The van der Waals surface area contributed by atoms with Gasteiger partial charge in [-0.3, -0.25) is 4.98 Å². The van der Waals surface area contributed by atoms with Crippen molar-refractivity contribution in [3.8, 4) is 16.9 Å². The van der Waals surface area contributed by atoms with E-state index in [0.717, 1.165) is 54.0 Å². The largest absolute Gasteiger partial charge is 0.492 e. The number of benzene rings is 1. The molecule has 1 aromatic carbocycles. The highest BCUT2D eigenvalue weighted by Gasteiger charge is 2.37. The van der Waals surface area contributed by atoms with Crippen molar-refractivity contribution in [1.29, 1.82) is 0 Å². The number of piperidine rings is 1. The Hall–Kier alpha value is -3.72. The zero-order valence-electron chi connectivity index (χ0n) is 27.4. The summed E-state index contributed by atoms with van der Waals surface area (Å²) in [5.41, 5.74) is 3.84. The third kappa shape index (κ3) is 8.91. The molecule has 1 saturated heterocycles. The highest BCUT2D eigenvalue weighted by Crippen LogP contribution is 2.43. The van der Waals surface area contributed by atoms with Crippen molar-refractivity contribution in [3.05, 3.63) is 65.9 Å². The molecule has 1 N–H and O–H groups in total. The number of nitrogens with one attached hydrogen (secondary N) is 1. The molecule has 0 bridgehead atoms. The number of rotatable bonds is 11. The Kier molecular flexibility index (Phi) is 10.5. The van der Waals surface area contributed by atoms with Crippen molar-refractivity contribution in [2.75, 3.05) is 36.5 Å². The molecule has 1 fully saturated rings. The van der Waals surface area contributed by atoms with Gasteiger partial charge >= 0.3 is 5.97 Å². The number of ether oxygens (including phenoxy) is 3. The molecule has 8 nitrogen and oxygen atoms in total. The van der Waals surface area contributed by atoms with Crippen LogP contribution in [0.1, 0.15) is 78.7 Å². The van der Waals surface area contributed by atoms with Crippen molar-refractivity contribution < 1.29 is 23.4 Å². The average Bonchev–Trinajstić information content (AvgIpc) is 2.95. The number of esters is 1. The van der Waals surface area contributed by atoms with Crippen LogP contribution >= 0.6 is 0 Å². The van der Waals surface area contributed by atoms with Crippen LogP contribution < -0.4 is 15.0 Å². The molecule has 1 aliphatic rings. The molecule has 4 rings (SSSR count). The standard InChI is InChI=1S/C35H47FN4O4/c1-23(2)43-33(41)32(44-34(4,5)6)30-24(3)38-22-28(31(30)40-18-15-35(7,8)16-19-40)25-9-14-29(39-21-25)37-17-20-42-27-12-10-26(36)11-13-27/h9-14,21-23,32H,15-20H2,1-8H3,(H,37,39)/t32-/m0/s1. The van der Waals surface area contributed by atoms with Gasteiger partial charge < -0.3 is 24.4 Å². The first-order chi connectivity index (χ1) is 20.7. The molecule has 1 aliphatic heterocycles. The third-order valence-electron chi connectivity index (χ3n) is 7.59. The van der Waals surface area contributed by atoms with E-state index in [1.807, 2.05) is 66.1 Å². The van der Waals surface area contributed by atoms with E-state index in [1.54, 1.807) is 12.1 Å². The summed E-state index contributed by atoms with van der Waals surface area (Å²) in [7, 11) is 0. The van der Waals surface area contributed by atoms with Gasteiger partial charge in [0.05, 0.1) is 23.9 Å². The van der Waals surface area contributed by atoms with Gasteiger partial charge in [0.1, 0.15) is 24.0 Å². The Balaban J connectivity index is 1.66. The second-order valence-electron chi connectivity index (χ2n) is 13.4. The number of anilines is 2. The van der Waals surface area contributed by atoms with Crippen molar-refractivity contribution >= 4 is 17.5 Å². The Bertz CT molecular complexity index is 1390. The molecule has 2 aromatic heterocycles. The molecule has 3 aromatic rings. The summed E-state index contributed by atoms with van der Waals surface area (Å²) >= 11 is 0. The van der Waals surface area contributed by atoms with Crippen molar-refractivity contribution in [2.24, 2.45) is 5.41 Å². The van der Waals surface area contributed by atoms with Gasteiger partial charge in [-0.1, -0.05) is 13.8 Å². The van der Waals surface area contributed by atoms with Crippen molar-refractivity contribution in [1.82, 2.24) is 9.97 Å². The monoisotopic (exact) mass is 606 g/mol. The summed E-state index contributed by atoms with van der Waals surface area (Å²) in [4.78, 5) is 25.4. The van der Waals surface area contributed by atoms with Crippen LogP contribution in [0.5, 0.6) is 5.75 Å². The molecular formula is C35H47FN4O4. The third-order valence-corrected chi connectivity index (χ3v) is 7.59. The number of pyridine rings is 2. The molecule has 44 heavy (non-hydrogen) atoms. The summed E-state index contributed by atoms with van der Waals surface area (Å²) in [5, 5.41) is 3.27. The number of hydrogen-bond donors (Lipinski definition) is 1. The van der Waals surface area contributed by atoms with Gasteiger partial charge in [0.2, 0.25) is 0 Å². The van der Waals surface area contributed by atoms with E-state index in [2.05, 4.69) is 29.0 Å². The van der Waals surface area contributed by atoms with Gasteiger partial charge in [0.15, 0.2) is 6.10 Å². The summed E-state index contributed by atoms with van der Waals surface area (Å²) in [6.45, 7) is 18.7. The van der Waals surface area contributed by atoms with Crippen molar-refractivity contribution in [3.63, 3.8) is 0 Å². The fraction of sp³-hybridized carbons (Fsp3) is 0.514. The lowest BCUT2D eigenvalue weighted by Gasteiger charge is -2.41. The number of nitrogens with zero attached hydrogens (tertiary/aromatic N) is 3. The molecule has 0 radical (unpaired) electrons. The first-order valence-electron chi connectivity index (χ1n) is 15.4. The molecule has 0 spiro atoms. The highest BCUT2D eigenvalue weighted by atomic mass is 19.1. The lowest BCUT2D eigenvalue weighted by Crippen LogP contribution is -2.39. The number of carbonyl (C=O) groups excluding carboxylic acids is 1. The quantitative estimate of drug-likeness (QED) is 0.177. The maximum absolute atomic E-state index is 13.6. The Morgan fingerprint density at radius 2 is 1.73 bits per heavy atom. The predicted molar refractivity (Wildman–Crippen MR) is 173 cm³/mol. The Morgan fingerprint density at radius 1 is 1.05 bits per heavy atom. The summed E-state index contributed by atoms with van der Waals surface area (Å²) in [6.07, 6.45) is 4.52. The zero-order chi connectivity index (χ0) is 32.1. The van der Waals surface area contributed by atoms with Crippen LogP contribution in [-0.2, 0) is 14.3 Å². The van der Waals surface area contributed by atoms with E-state index in [-0.39, 0.29) is 17.3 Å². The second-order valence-corrected chi connectivity index (χ2v) is 13.4. The minimum absolute atomic E-state index is 0.242.